The molecule has 1 saturated heterocycles. The van der Waals surface area contributed by atoms with Crippen molar-refractivity contribution in [2.75, 3.05) is 23.4 Å². The molecule has 16 heteroatoms. The fraction of sp³-hybridized carbons (Fsp3) is 0.182. The number of carbonyl (C=O) groups is 1. The number of nitrogens with zero attached hydrogens (tertiary/aromatic N) is 1. The summed E-state index contributed by atoms with van der Waals surface area (Å²) in [4.78, 5) is 15.7. The molecule has 6 N–H and O–H groups in total. The van der Waals surface area contributed by atoms with Crippen LogP contribution in [0.15, 0.2) is 36.5 Å². The van der Waals surface area contributed by atoms with Gasteiger partial charge in [-0.1, -0.05) is 0 Å². The van der Waals surface area contributed by atoms with E-state index in [1.807, 2.05) is 27.3 Å². The number of ether oxygens (including phenoxy) is 1. The third kappa shape index (κ3) is 6.32. The molecule has 1 aromatic heterocycles. The highest BCUT2D eigenvalue weighted by Crippen LogP contribution is 2.32. The Bertz CT molecular complexity index is 1510. The van der Waals surface area contributed by atoms with E-state index in [-0.39, 0.29) is 24.6 Å². The second-order valence-corrected chi connectivity index (χ2v) is 10.7. The summed E-state index contributed by atoms with van der Waals surface area (Å²) in [5.74, 6) is -6.78. The highest BCUT2D eigenvalue weighted by Gasteiger charge is 2.26. The third-order valence-electron chi connectivity index (χ3n) is 5.33. The molecule has 10 nitrogen and oxygen atoms in total. The van der Waals surface area contributed by atoms with Gasteiger partial charge in [0.25, 0.3) is 5.91 Å². The maximum absolute atomic E-state index is 15.1. The highest BCUT2D eigenvalue weighted by molar-refractivity contribution is 14.1. The molecular weight excluding hydrogens is 647 g/mol. The van der Waals surface area contributed by atoms with E-state index in [0.717, 1.165) is 24.4 Å². The predicted octanol–water partition coefficient (Wildman–Crippen LogP) is 2.83. The van der Waals surface area contributed by atoms with Gasteiger partial charge in [0.15, 0.2) is 23.3 Å². The molecule has 1 amide bonds. The Kier molecular flexibility index (Phi) is 8.36. The van der Waals surface area contributed by atoms with Gasteiger partial charge in [-0.2, -0.15) is 13.1 Å². The zero-order chi connectivity index (χ0) is 27.6. The van der Waals surface area contributed by atoms with Crippen LogP contribution in [0.3, 0.4) is 0 Å². The predicted molar refractivity (Wildman–Crippen MR) is 138 cm³/mol. The molecule has 1 atom stereocenters. The van der Waals surface area contributed by atoms with Crippen molar-refractivity contribution >= 4 is 55.9 Å². The van der Waals surface area contributed by atoms with E-state index in [1.165, 1.54) is 12.1 Å². The molecular formula is C22H19F4IN6O4S. The zero-order valence-corrected chi connectivity index (χ0v) is 22.1. The monoisotopic (exact) mass is 666 g/mol. The number of benzene rings is 2. The number of nitrogens with one attached hydrogen (secondary N) is 4. The highest BCUT2D eigenvalue weighted by atomic mass is 127. The molecule has 0 spiro atoms. The number of amides is 1. The fourth-order valence-corrected chi connectivity index (χ4v) is 5.00. The molecule has 1 fully saturated rings. The van der Waals surface area contributed by atoms with E-state index in [1.54, 1.807) is 0 Å². The summed E-state index contributed by atoms with van der Waals surface area (Å²) in [6, 6.07) is 5.95. The standard InChI is InChI=1S/C22H19F4IN6O4S/c23-14-7-12(27)1-2-15(14)31-20-13(21(28)34)6-11(17(24)19(20)26)5-10-3-4-29-22(18(10)25)33-38(35,36)32-16-8-37-9-30-16/h1-4,6-7,16,30-32H,5,8-9H2,(H2,28,34)(H,29,33). The number of hydrogen-bond donors (Lipinski definition) is 5. The Hall–Kier alpha value is -3.06. The lowest BCUT2D eigenvalue weighted by Crippen LogP contribution is -2.45. The van der Waals surface area contributed by atoms with Crippen LogP contribution < -0.4 is 25.8 Å². The Morgan fingerprint density at radius 1 is 1.13 bits per heavy atom. The molecule has 202 valence electrons. The minimum absolute atomic E-state index is 0.0466. The zero-order valence-electron chi connectivity index (χ0n) is 19.1. The van der Waals surface area contributed by atoms with Crippen LogP contribution in [0.1, 0.15) is 21.5 Å². The first-order chi connectivity index (χ1) is 17.9. The Morgan fingerprint density at radius 2 is 1.89 bits per heavy atom. The van der Waals surface area contributed by atoms with Gasteiger partial charge in [-0.3, -0.25) is 14.8 Å². The van der Waals surface area contributed by atoms with Gasteiger partial charge >= 0.3 is 10.2 Å². The maximum Gasteiger partial charge on any atom is 0.301 e. The molecule has 2 heterocycles. The van der Waals surface area contributed by atoms with Crippen molar-refractivity contribution in [1.29, 1.82) is 0 Å². The third-order valence-corrected chi connectivity index (χ3v) is 7.06. The van der Waals surface area contributed by atoms with E-state index in [9.17, 15) is 17.6 Å². The maximum atomic E-state index is 15.1. The second-order valence-electron chi connectivity index (χ2n) is 8.00. The topological polar surface area (TPSA) is 147 Å². The molecule has 0 bridgehead atoms. The lowest BCUT2D eigenvalue weighted by Gasteiger charge is -2.16. The number of rotatable bonds is 9. The molecule has 0 saturated carbocycles. The first kappa shape index (κ1) is 28.0. The van der Waals surface area contributed by atoms with Gasteiger partial charge in [0.2, 0.25) is 0 Å². The largest absolute Gasteiger partial charge is 0.366 e. The number of primary amides is 1. The lowest BCUT2D eigenvalue weighted by atomic mass is 10.00. The summed E-state index contributed by atoms with van der Waals surface area (Å²) in [5, 5.41) is 5.05. The summed E-state index contributed by atoms with van der Waals surface area (Å²) in [5.41, 5.74) is 3.19. The molecule has 3 aromatic rings. The van der Waals surface area contributed by atoms with Gasteiger partial charge in [0, 0.05) is 16.2 Å². The van der Waals surface area contributed by atoms with Crippen LogP contribution in [-0.4, -0.2) is 38.8 Å². The van der Waals surface area contributed by atoms with Crippen LogP contribution in [0, 0.1) is 26.8 Å². The van der Waals surface area contributed by atoms with Gasteiger partial charge in [-0.25, -0.2) is 22.5 Å². The number of aromatic nitrogens is 1. The van der Waals surface area contributed by atoms with E-state index >= 15 is 13.2 Å². The van der Waals surface area contributed by atoms with E-state index in [0.29, 0.717) is 3.57 Å². The van der Waals surface area contributed by atoms with Crippen LogP contribution >= 0.6 is 22.6 Å². The summed E-state index contributed by atoms with van der Waals surface area (Å²) in [6.45, 7) is 0.170. The molecule has 2 aromatic carbocycles. The van der Waals surface area contributed by atoms with Gasteiger partial charge in [0.1, 0.15) is 5.82 Å². The molecule has 0 radical (unpaired) electrons. The van der Waals surface area contributed by atoms with Gasteiger partial charge in [0.05, 0.1) is 36.4 Å². The van der Waals surface area contributed by atoms with Crippen molar-refractivity contribution in [3.63, 3.8) is 0 Å². The summed E-state index contributed by atoms with van der Waals surface area (Å²) in [6.07, 6.45) is -0.287. The smallest absolute Gasteiger partial charge is 0.301 e. The van der Waals surface area contributed by atoms with E-state index in [2.05, 4.69) is 20.3 Å². The second kappa shape index (κ2) is 11.4. The van der Waals surface area contributed by atoms with Crippen molar-refractivity contribution in [3.05, 3.63) is 80.1 Å². The summed E-state index contributed by atoms with van der Waals surface area (Å²) >= 11 is 1.86. The van der Waals surface area contributed by atoms with Crippen molar-refractivity contribution < 1.29 is 35.5 Å². The number of hydrogen-bond acceptors (Lipinski definition) is 7. The molecule has 0 aliphatic carbocycles. The molecule has 4 rings (SSSR count). The van der Waals surface area contributed by atoms with Crippen molar-refractivity contribution in [2.45, 2.75) is 12.6 Å². The van der Waals surface area contributed by atoms with Crippen LogP contribution in [0.25, 0.3) is 0 Å². The van der Waals surface area contributed by atoms with Crippen molar-refractivity contribution in [2.24, 2.45) is 5.73 Å². The lowest BCUT2D eigenvalue weighted by molar-refractivity contribution is 0.100. The van der Waals surface area contributed by atoms with Gasteiger partial charge in [-0.15, -0.1) is 0 Å². The van der Waals surface area contributed by atoms with Gasteiger partial charge in [-0.05, 0) is 64.0 Å². The van der Waals surface area contributed by atoms with Crippen LogP contribution in [0.4, 0.5) is 34.8 Å². The molecule has 1 aliphatic heterocycles. The average molecular weight is 666 g/mol. The van der Waals surface area contributed by atoms with E-state index in [4.69, 9.17) is 10.5 Å². The number of pyridine rings is 1. The van der Waals surface area contributed by atoms with Crippen LogP contribution in [0.2, 0.25) is 0 Å². The van der Waals surface area contributed by atoms with Crippen molar-refractivity contribution in [1.82, 2.24) is 15.0 Å². The Balaban J connectivity index is 1.64. The minimum atomic E-state index is -4.28. The Labute approximate surface area is 227 Å². The van der Waals surface area contributed by atoms with Crippen molar-refractivity contribution in [3.8, 4) is 0 Å². The quantitative estimate of drug-likeness (QED) is 0.174. The number of nitrogens with two attached hydrogens (primary N) is 1. The number of halogens is 5. The summed E-state index contributed by atoms with van der Waals surface area (Å²) < 4.78 is 93.8. The number of carbonyl (C=O) groups excluding carboxylic acids is 1. The van der Waals surface area contributed by atoms with Gasteiger partial charge < -0.3 is 15.8 Å². The first-order valence-electron chi connectivity index (χ1n) is 10.7. The fourth-order valence-electron chi connectivity index (χ4n) is 3.56. The molecule has 38 heavy (non-hydrogen) atoms. The molecule has 1 unspecified atom stereocenters. The normalized spacial score (nSPS) is 15.4. The van der Waals surface area contributed by atoms with Crippen LogP contribution in [0.5, 0.6) is 0 Å². The molecule has 1 aliphatic rings. The summed E-state index contributed by atoms with van der Waals surface area (Å²) in [7, 11) is -4.28. The Morgan fingerprint density at radius 3 is 2.55 bits per heavy atom. The minimum Gasteiger partial charge on any atom is -0.366 e. The number of anilines is 3. The average Bonchev–Trinajstić information content (AvgIpc) is 3.34. The van der Waals surface area contributed by atoms with E-state index < -0.39 is 74.6 Å². The first-order valence-corrected chi connectivity index (χ1v) is 13.3. The SMILES string of the molecule is NC(=O)c1cc(Cc2ccnc(NS(=O)(=O)NC3COCN3)c2F)c(F)c(F)c1Nc1ccc(I)cc1F. The van der Waals surface area contributed by atoms with Crippen LogP contribution in [-0.2, 0) is 21.4 Å².